The van der Waals surface area contributed by atoms with Gasteiger partial charge in [-0.1, -0.05) is 23.2 Å². The van der Waals surface area contributed by atoms with Crippen LogP contribution < -0.4 is 4.74 Å². The molecule has 1 aromatic carbocycles. The number of hydrogen-bond donors (Lipinski definition) is 1. The third-order valence-corrected chi connectivity index (χ3v) is 3.90. The van der Waals surface area contributed by atoms with Gasteiger partial charge in [0.1, 0.15) is 5.75 Å². The monoisotopic (exact) mass is 302 g/mol. The van der Waals surface area contributed by atoms with Gasteiger partial charge in [0.25, 0.3) is 0 Å². The largest absolute Gasteiger partial charge is 0.492 e. The maximum absolute atomic E-state index is 10.8. The van der Waals surface area contributed by atoms with Crippen molar-refractivity contribution in [3.8, 4) is 5.75 Å². The normalized spacial score (nSPS) is 21.2. The molecule has 0 aromatic heterocycles. The van der Waals surface area contributed by atoms with Crippen molar-refractivity contribution in [2.75, 3.05) is 6.61 Å². The van der Waals surface area contributed by atoms with E-state index in [1.165, 1.54) is 0 Å². The molecule has 0 spiro atoms. The second-order valence-corrected chi connectivity index (χ2v) is 5.63. The highest BCUT2D eigenvalue weighted by Gasteiger charge is 2.42. The summed E-state index contributed by atoms with van der Waals surface area (Å²) in [4.78, 5) is 10.8. The van der Waals surface area contributed by atoms with E-state index in [0.29, 0.717) is 22.4 Å². The highest BCUT2D eigenvalue weighted by atomic mass is 35.5. The quantitative estimate of drug-likeness (QED) is 0.862. The van der Waals surface area contributed by atoms with Crippen molar-refractivity contribution >= 4 is 29.2 Å². The Kier molecular flexibility index (Phi) is 4.58. The van der Waals surface area contributed by atoms with E-state index in [-0.39, 0.29) is 11.8 Å². The van der Waals surface area contributed by atoms with Gasteiger partial charge in [-0.2, -0.15) is 0 Å². The molecule has 1 aromatic rings. The van der Waals surface area contributed by atoms with Crippen LogP contribution in [0.4, 0.5) is 0 Å². The summed E-state index contributed by atoms with van der Waals surface area (Å²) < 4.78 is 5.54. The molecule has 1 N–H and O–H groups in total. The molecule has 19 heavy (non-hydrogen) atoms. The van der Waals surface area contributed by atoms with Gasteiger partial charge in [0.05, 0.1) is 17.5 Å². The van der Waals surface area contributed by atoms with Crippen molar-refractivity contribution in [3.05, 3.63) is 27.7 Å². The van der Waals surface area contributed by atoms with Gasteiger partial charge in [0.2, 0.25) is 0 Å². The fraction of sp³-hybridized carbons (Fsp3) is 0.500. The highest BCUT2D eigenvalue weighted by molar-refractivity contribution is 6.35. The summed E-state index contributed by atoms with van der Waals surface area (Å²) in [6.07, 6.45) is 2.34. The minimum Gasteiger partial charge on any atom is -0.492 e. The Bertz CT molecular complexity index is 488. The summed E-state index contributed by atoms with van der Waals surface area (Å²) in [5.41, 5.74) is 0.954. The molecule has 0 bridgehead atoms. The van der Waals surface area contributed by atoms with Gasteiger partial charge in [-0.3, -0.25) is 4.79 Å². The SMILES string of the molecule is CCOc1c(Cl)cc(Cl)cc1CCC1CC1C(=O)O. The number of ether oxygens (including phenoxy) is 1. The van der Waals surface area contributed by atoms with Crippen LogP contribution in [0.1, 0.15) is 25.3 Å². The molecule has 1 aliphatic rings. The fourth-order valence-electron chi connectivity index (χ4n) is 2.32. The lowest BCUT2D eigenvalue weighted by molar-refractivity contribution is -0.138. The average molecular weight is 303 g/mol. The molecular weight excluding hydrogens is 287 g/mol. The van der Waals surface area contributed by atoms with Crippen molar-refractivity contribution < 1.29 is 14.6 Å². The lowest BCUT2D eigenvalue weighted by Crippen LogP contribution is -2.02. The first-order chi connectivity index (χ1) is 9.02. The van der Waals surface area contributed by atoms with Gasteiger partial charge in [-0.05, 0) is 49.8 Å². The van der Waals surface area contributed by atoms with Crippen molar-refractivity contribution in [1.29, 1.82) is 0 Å². The number of halogens is 2. The zero-order valence-corrected chi connectivity index (χ0v) is 12.2. The van der Waals surface area contributed by atoms with Crippen LogP contribution in [0.2, 0.25) is 10.0 Å². The van der Waals surface area contributed by atoms with Crippen LogP contribution in [0.3, 0.4) is 0 Å². The van der Waals surface area contributed by atoms with Gasteiger partial charge in [0, 0.05) is 5.02 Å². The molecule has 5 heteroatoms. The highest BCUT2D eigenvalue weighted by Crippen LogP contribution is 2.43. The molecule has 2 unspecified atom stereocenters. The van der Waals surface area contributed by atoms with Crippen molar-refractivity contribution in [2.45, 2.75) is 26.2 Å². The minimum absolute atomic E-state index is 0.176. The standard InChI is InChI=1S/C14H16Cl2O3/c1-2-19-13-9(5-10(15)7-12(13)16)4-3-8-6-11(8)14(17)18/h5,7-8,11H,2-4,6H2,1H3,(H,17,18). The third kappa shape index (κ3) is 3.54. The van der Waals surface area contributed by atoms with Gasteiger partial charge in [-0.15, -0.1) is 0 Å². The minimum atomic E-state index is -0.695. The van der Waals surface area contributed by atoms with E-state index in [0.717, 1.165) is 24.8 Å². The second-order valence-electron chi connectivity index (χ2n) is 4.79. The summed E-state index contributed by atoms with van der Waals surface area (Å²) >= 11 is 12.1. The van der Waals surface area contributed by atoms with Crippen LogP contribution in [-0.4, -0.2) is 17.7 Å². The maximum Gasteiger partial charge on any atom is 0.306 e. The van der Waals surface area contributed by atoms with E-state index in [1.807, 2.05) is 13.0 Å². The Labute approximate surface area is 122 Å². The Morgan fingerprint density at radius 1 is 1.47 bits per heavy atom. The van der Waals surface area contributed by atoms with Gasteiger partial charge >= 0.3 is 5.97 Å². The lowest BCUT2D eigenvalue weighted by atomic mass is 10.1. The summed E-state index contributed by atoms with van der Waals surface area (Å²) in [5.74, 6) is 0.0650. The molecule has 104 valence electrons. The number of rotatable bonds is 6. The molecule has 0 saturated heterocycles. The Morgan fingerprint density at radius 3 is 2.79 bits per heavy atom. The number of carbonyl (C=O) groups is 1. The van der Waals surface area contributed by atoms with Crippen molar-refractivity contribution in [2.24, 2.45) is 11.8 Å². The summed E-state index contributed by atoms with van der Waals surface area (Å²) in [6, 6.07) is 3.51. The van der Waals surface area contributed by atoms with Crippen LogP contribution in [0, 0.1) is 11.8 Å². The predicted octanol–water partition coefficient (Wildman–Crippen LogP) is 4.05. The molecule has 3 nitrogen and oxygen atoms in total. The van der Waals surface area contributed by atoms with Crippen LogP contribution >= 0.6 is 23.2 Å². The second kappa shape index (κ2) is 6.02. The number of hydrogen-bond acceptors (Lipinski definition) is 2. The molecule has 1 fully saturated rings. The Balaban J connectivity index is 2.05. The average Bonchev–Trinajstić information content (AvgIpc) is 3.10. The molecule has 2 atom stereocenters. The van der Waals surface area contributed by atoms with E-state index in [9.17, 15) is 4.79 Å². The topological polar surface area (TPSA) is 46.5 Å². The molecular formula is C14H16Cl2O3. The molecule has 0 heterocycles. The predicted molar refractivity (Wildman–Crippen MR) is 75.2 cm³/mol. The Morgan fingerprint density at radius 2 is 2.21 bits per heavy atom. The summed E-state index contributed by atoms with van der Waals surface area (Å²) in [5, 5.41) is 9.97. The first-order valence-corrected chi connectivity index (χ1v) is 7.12. The maximum atomic E-state index is 10.8. The molecule has 0 amide bonds. The zero-order valence-electron chi connectivity index (χ0n) is 10.7. The van der Waals surface area contributed by atoms with Gasteiger partial charge < -0.3 is 9.84 Å². The van der Waals surface area contributed by atoms with Gasteiger partial charge in [0.15, 0.2) is 0 Å². The number of carboxylic acid groups (broad SMARTS) is 1. The van der Waals surface area contributed by atoms with E-state index < -0.39 is 5.97 Å². The van der Waals surface area contributed by atoms with Crippen LogP contribution in [0.5, 0.6) is 5.75 Å². The third-order valence-electron chi connectivity index (χ3n) is 3.40. The first-order valence-electron chi connectivity index (χ1n) is 6.36. The molecule has 0 radical (unpaired) electrons. The van der Waals surface area contributed by atoms with Crippen LogP contribution in [0.25, 0.3) is 0 Å². The number of aliphatic carboxylic acids is 1. The number of benzene rings is 1. The fourth-order valence-corrected chi connectivity index (χ4v) is 2.91. The number of aryl methyl sites for hydroxylation is 1. The molecule has 1 saturated carbocycles. The number of carboxylic acids is 1. The van der Waals surface area contributed by atoms with Crippen LogP contribution in [0.15, 0.2) is 12.1 Å². The Hall–Kier alpha value is -0.930. The smallest absolute Gasteiger partial charge is 0.306 e. The first kappa shape index (κ1) is 14.5. The molecule has 0 aliphatic heterocycles. The van der Waals surface area contributed by atoms with Crippen molar-refractivity contribution in [1.82, 2.24) is 0 Å². The van der Waals surface area contributed by atoms with E-state index in [1.54, 1.807) is 6.07 Å². The summed E-state index contributed by atoms with van der Waals surface area (Å²) in [6.45, 7) is 2.44. The zero-order chi connectivity index (χ0) is 14.0. The molecule has 2 rings (SSSR count). The van der Waals surface area contributed by atoms with E-state index in [2.05, 4.69) is 0 Å². The van der Waals surface area contributed by atoms with Crippen molar-refractivity contribution in [3.63, 3.8) is 0 Å². The lowest BCUT2D eigenvalue weighted by Gasteiger charge is -2.12. The van der Waals surface area contributed by atoms with E-state index in [4.69, 9.17) is 33.0 Å². The van der Waals surface area contributed by atoms with Gasteiger partial charge in [-0.25, -0.2) is 0 Å². The molecule has 1 aliphatic carbocycles. The van der Waals surface area contributed by atoms with E-state index >= 15 is 0 Å². The summed E-state index contributed by atoms with van der Waals surface area (Å²) in [7, 11) is 0. The van der Waals surface area contributed by atoms with Crippen LogP contribution in [-0.2, 0) is 11.2 Å².